The van der Waals surface area contributed by atoms with Gasteiger partial charge in [-0.15, -0.1) is 0 Å². The zero-order chi connectivity index (χ0) is 15.3. The van der Waals surface area contributed by atoms with Crippen molar-refractivity contribution >= 4 is 9.84 Å². The largest absolute Gasteiger partial charge is 0.393 e. The molecule has 1 aromatic carbocycles. The van der Waals surface area contributed by atoms with Gasteiger partial charge in [-0.25, -0.2) is 8.42 Å². The molecule has 0 amide bonds. The Balaban J connectivity index is 1.96. The lowest BCUT2D eigenvalue weighted by Gasteiger charge is -2.33. The van der Waals surface area contributed by atoms with Crippen LogP contribution in [-0.4, -0.2) is 31.1 Å². The third-order valence-electron chi connectivity index (χ3n) is 4.53. The van der Waals surface area contributed by atoms with Gasteiger partial charge in [0.1, 0.15) is 9.84 Å². The van der Waals surface area contributed by atoms with Crippen LogP contribution in [0.25, 0.3) is 0 Å². The van der Waals surface area contributed by atoms with E-state index in [0.717, 1.165) is 19.3 Å². The van der Waals surface area contributed by atoms with E-state index in [9.17, 15) is 13.5 Å². The molecule has 0 spiro atoms. The van der Waals surface area contributed by atoms with Crippen molar-refractivity contribution < 1.29 is 13.5 Å². The number of aliphatic hydroxyl groups excluding tert-OH is 1. The summed E-state index contributed by atoms with van der Waals surface area (Å²) in [6.45, 7) is 1.89. The Morgan fingerprint density at radius 1 is 1.14 bits per heavy atom. The highest BCUT2D eigenvalue weighted by Crippen LogP contribution is 2.37. The van der Waals surface area contributed by atoms with E-state index in [1.165, 1.54) is 5.56 Å². The smallest absolute Gasteiger partial charge is 0.150 e. The zero-order valence-electron chi connectivity index (χ0n) is 12.7. The second-order valence-electron chi connectivity index (χ2n) is 6.19. The third kappa shape index (κ3) is 4.82. The summed E-state index contributed by atoms with van der Waals surface area (Å²) in [6, 6.07) is 10.4. The second kappa shape index (κ2) is 7.41. The lowest BCUT2D eigenvalue weighted by atomic mass is 9.75. The molecule has 0 aliphatic heterocycles. The molecule has 1 fully saturated rings. The van der Waals surface area contributed by atoms with Gasteiger partial charge >= 0.3 is 0 Å². The summed E-state index contributed by atoms with van der Waals surface area (Å²) in [5, 5.41) is 10.2. The molecular formula is C17H26O3S. The highest BCUT2D eigenvalue weighted by atomic mass is 32.2. The maximum atomic E-state index is 11.8. The SMILES string of the molecule is CCCS(=O)(=O)CCC1CC(c2ccccc2)CCC1O. The fraction of sp³-hybridized carbons (Fsp3) is 0.647. The summed E-state index contributed by atoms with van der Waals surface area (Å²) >= 11 is 0. The lowest BCUT2D eigenvalue weighted by Crippen LogP contribution is -2.30. The molecule has 0 aromatic heterocycles. The minimum absolute atomic E-state index is 0.107. The van der Waals surface area contributed by atoms with Gasteiger partial charge < -0.3 is 5.11 Å². The molecule has 3 nitrogen and oxygen atoms in total. The fourth-order valence-electron chi connectivity index (χ4n) is 3.33. The molecule has 1 aliphatic carbocycles. The summed E-state index contributed by atoms with van der Waals surface area (Å²) in [7, 11) is -2.95. The maximum absolute atomic E-state index is 11.8. The predicted octanol–water partition coefficient (Wildman–Crippen LogP) is 3.15. The second-order valence-corrected chi connectivity index (χ2v) is 8.49. The van der Waals surface area contributed by atoms with Gasteiger partial charge in [-0.3, -0.25) is 0 Å². The van der Waals surface area contributed by atoms with Gasteiger partial charge in [0.2, 0.25) is 0 Å². The zero-order valence-corrected chi connectivity index (χ0v) is 13.6. The summed E-state index contributed by atoms with van der Waals surface area (Å²) in [4.78, 5) is 0. The van der Waals surface area contributed by atoms with E-state index >= 15 is 0 Å². The Labute approximate surface area is 128 Å². The van der Waals surface area contributed by atoms with Crippen molar-refractivity contribution in [2.45, 2.75) is 51.0 Å². The van der Waals surface area contributed by atoms with Crippen molar-refractivity contribution in [3.8, 4) is 0 Å². The van der Waals surface area contributed by atoms with Crippen molar-refractivity contribution in [2.24, 2.45) is 5.92 Å². The van der Waals surface area contributed by atoms with Crippen molar-refractivity contribution in [2.75, 3.05) is 11.5 Å². The van der Waals surface area contributed by atoms with Gasteiger partial charge in [0, 0.05) is 5.75 Å². The van der Waals surface area contributed by atoms with Crippen LogP contribution in [-0.2, 0) is 9.84 Å². The van der Waals surface area contributed by atoms with E-state index in [4.69, 9.17) is 0 Å². The van der Waals surface area contributed by atoms with Crippen LogP contribution in [0.1, 0.15) is 50.5 Å². The minimum Gasteiger partial charge on any atom is -0.393 e. The molecule has 2 rings (SSSR count). The molecule has 0 bridgehead atoms. The summed E-state index contributed by atoms with van der Waals surface area (Å²) in [5.41, 5.74) is 1.31. The standard InChI is InChI=1S/C17H26O3S/c1-2-11-21(19,20)12-10-16-13-15(8-9-17(16)18)14-6-4-3-5-7-14/h3-7,15-18H,2,8-13H2,1H3. The van der Waals surface area contributed by atoms with E-state index in [-0.39, 0.29) is 23.5 Å². The molecule has 1 saturated carbocycles. The van der Waals surface area contributed by atoms with E-state index in [1.54, 1.807) is 0 Å². The molecule has 4 heteroatoms. The quantitative estimate of drug-likeness (QED) is 0.878. The molecule has 1 aromatic rings. The lowest BCUT2D eigenvalue weighted by molar-refractivity contribution is 0.0603. The molecule has 21 heavy (non-hydrogen) atoms. The number of benzene rings is 1. The van der Waals surface area contributed by atoms with Crippen LogP contribution in [0, 0.1) is 5.92 Å². The van der Waals surface area contributed by atoms with Gasteiger partial charge in [-0.05, 0) is 49.5 Å². The maximum Gasteiger partial charge on any atom is 0.150 e. The van der Waals surface area contributed by atoms with Crippen molar-refractivity contribution in [3.05, 3.63) is 35.9 Å². The average Bonchev–Trinajstić information content (AvgIpc) is 2.47. The Kier molecular flexibility index (Phi) is 5.82. The van der Waals surface area contributed by atoms with E-state index in [0.29, 0.717) is 18.8 Å². The normalized spacial score (nSPS) is 26.7. The molecule has 3 unspecified atom stereocenters. The molecule has 1 aliphatic rings. The Hall–Kier alpha value is -0.870. The molecule has 118 valence electrons. The number of hydrogen-bond donors (Lipinski definition) is 1. The van der Waals surface area contributed by atoms with Crippen LogP contribution >= 0.6 is 0 Å². The predicted molar refractivity (Wildman–Crippen MR) is 86.1 cm³/mol. The monoisotopic (exact) mass is 310 g/mol. The van der Waals surface area contributed by atoms with Gasteiger partial charge in [0.05, 0.1) is 11.9 Å². The first-order chi connectivity index (χ1) is 10.0. The van der Waals surface area contributed by atoms with E-state index < -0.39 is 9.84 Å². The van der Waals surface area contributed by atoms with Crippen LogP contribution in [0.2, 0.25) is 0 Å². The van der Waals surface area contributed by atoms with Crippen LogP contribution in [0.4, 0.5) is 0 Å². The van der Waals surface area contributed by atoms with Crippen molar-refractivity contribution in [1.82, 2.24) is 0 Å². The van der Waals surface area contributed by atoms with Crippen LogP contribution in [0.3, 0.4) is 0 Å². The number of sulfone groups is 1. The molecule has 0 heterocycles. The summed E-state index contributed by atoms with van der Waals surface area (Å²) in [6.07, 6.45) is 3.57. The molecule has 1 N–H and O–H groups in total. The highest BCUT2D eigenvalue weighted by molar-refractivity contribution is 7.91. The fourth-order valence-corrected chi connectivity index (χ4v) is 4.82. The highest BCUT2D eigenvalue weighted by Gasteiger charge is 2.30. The first kappa shape index (κ1) is 16.5. The Morgan fingerprint density at radius 2 is 1.86 bits per heavy atom. The van der Waals surface area contributed by atoms with Gasteiger partial charge in [0.25, 0.3) is 0 Å². The molecule has 0 radical (unpaired) electrons. The van der Waals surface area contributed by atoms with E-state index in [1.807, 2.05) is 25.1 Å². The Bertz CT molecular complexity index is 524. The van der Waals surface area contributed by atoms with Crippen LogP contribution in [0.15, 0.2) is 30.3 Å². The van der Waals surface area contributed by atoms with E-state index in [2.05, 4.69) is 12.1 Å². The number of rotatable bonds is 6. The van der Waals surface area contributed by atoms with Crippen molar-refractivity contribution in [1.29, 1.82) is 0 Å². The average molecular weight is 310 g/mol. The number of aliphatic hydroxyl groups is 1. The van der Waals surface area contributed by atoms with Gasteiger partial charge in [-0.2, -0.15) is 0 Å². The van der Waals surface area contributed by atoms with Crippen LogP contribution < -0.4 is 0 Å². The number of hydrogen-bond acceptors (Lipinski definition) is 3. The first-order valence-corrected chi connectivity index (χ1v) is 9.77. The molecular weight excluding hydrogens is 284 g/mol. The first-order valence-electron chi connectivity index (χ1n) is 7.95. The summed E-state index contributed by atoms with van der Waals surface area (Å²) in [5.74, 6) is 1.03. The summed E-state index contributed by atoms with van der Waals surface area (Å²) < 4.78 is 23.7. The molecule has 3 atom stereocenters. The van der Waals surface area contributed by atoms with Gasteiger partial charge in [0.15, 0.2) is 0 Å². The third-order valence-corrected chi connectivity index (χ3v) is 6.42. The Morgan fingerprint density at radius 3 is 2.52 bits per heavy atom. The van der Waals surface area contributed by atoms with Gasteiger partial charge in [-0.1, -0.05) is 37.3 Å². The molecule has 0 saturated heterocycles. The minimum atomic E-state index is -2.95. The van der Waals surface area contributed by atoms with Crippen LogP contribution in [0.5, 0.6) is 0 Å². The topological polar surface area (TPSA) is 54.4 Å². The van der Waals surface area contributed by atoms with Crippen molar-refractivity contribution in [3.63, 3.8) is 0 Å².